The third kappa shape index (κ3) is 2.63. The highest BCUT2D eigenvalue weighted by atomic mass is 32.1. The first kappa shape index (κ1) is 15.4. The number of hydrogen-bond acceptors (Lipinski definition) is 3. The highest BCUT2D eigenvalue weighted by molar-refractivity contribution is 7.80. The first-order valence-corrected chi connectivity index (χ1v) is 7.42. The van der Waals surface area contributed by atoms with E-state index in [2.05, 4.69) is 10.4 Å². The monoisotopic (exact) mass is 330 g/mol. The zero-order valence-corrected chi connectivity index (χ0v) is 13.7. The Morgan fingerprint density at radius 2 is 1.91 bits per heavy atom. The fraction of sp³-hybridized carbons (Fsp3) is 0.188. The van der Waals surface area contributed by atoms with Crippen molar-refractivity contribution in [2.24, 2.45) is 7.05 Å². The molecule has 1 N–H and O–H groups in total. The second-order valence-corrected chi connectivity index (χ2v) is 5.70. The van der Waals surface area contributed by atoms with Crippen molar-refractivity contribution in [1.82, 2.24) is 15.1 Å². The molecule has 1 fully saturated rings. The lowest BCUT2D eigenvalue weighted by atomic mass is 10.1. The van der Waals surface area contributed by atoms with Crippen LogP contribution in [0.5, 0.6) is 0 Å². The summed E-state index contributed by atoms with van der Waals surface area (Å²) in [6.45, 7) is 3.82. The van der Waals surface area contributed by atoms with Gasteiger partial charge in [0.15, 0.2) is 5.11 Å². The molecular formula is C16H15FN4OS. The summed E-state index contributed by atoms with van der Waals surface area (Å²) < 4.78 is 14.8. The lowest BCUT2D eigenvalue weighted by Gasteiger charge is -2.13. The number of nitrogens with zero attached hydrogens (tertiary/aromatic N) is 3. The van der Waals surface area contributed by atoms with Crippen LogP contribution in [0.1, 0.15) is 17.0 Å². The van der Waals surface area contributed by atoms with Gasteiger partial charge in [0.05, 0.1) is 11.4 Å². The molecule has 0 unspecified atom stereocenters. The minimum atomic E-state index is -0.364. The summed E-state index contributed by atoms with van der Waals surface area (Å²) in [6, 6.07) is 5.63. The predicted octanol–water partition coefficient (Wildman–Crippen LogP) is 2.44. The van der Waals surface area contributed by atoms with E-state index in [0.717, 1.165) is 17.0 Å². The Morgan fingerprint density at radius 1 is 1.26 bits per heavy atom. The van der Waals surface area contributed by atoms with E-state index in [9.17, 15) is 9.18 Å². The van der Waals surface area contributed by atoms with Crippen molar-refractivity contribution in [1.29, 1.82) is 0 Å². The SMILES string of the molecule is Cc1nn(C)c(C)c1/C=C1/NC(=S)N(c2ccc(F)cc2)C1=O. The van der Waals surface area contributed by atoms with Gasteiger partial charge in [-0.15, -0.1) is 0 Å². The van der Waals surface area contributed by atoms with E-state index in [-0.39, 0.29) is 16.8 Å². The van der Waals surface area contributed by atoms with Crippen molar-refractivity contribution in [2.75, 3.05) is 4.90 Å². The number of benzene rings is 1. The Labute approximate surface area is 138 Å². The van der Waals surface area contributed by atoms with Gasteiger partial charge in [-0.25, -0.2) is 4.39 Å². The van der Waals surface area contributed by atoms with Crippen molar-refractivity contribution in [3.05, 3.63) is 52.7 Å². The van der Waals surface area contributed by atoms with Gasteiger partial charge >= 0.3 is 0 Å². The van der Waals surface area contributed by atoms with E-state index in [1.54, 1.807) is 10.8 Å². The van der Waals surface area contributed by atoms with Crippen LogP contribution >= 0.6 is 12.2 Å². The summed E-state index contributed by atoms with van der Waals surface area (Å²) >= 11 is 5.24. The highest BCUT2D eigenvalue weighted by Gasteiger charge is 2.32. The van der Waals surface area contributed by atoms with E-state index in [1.807, 2.05) is 20.9 Å². The summed E-state index contributed by atoms with van der Waals surface area (Å²) in [5.41, 5.74) is 3.57. The molecule has 1 amide bonds. The minimum Gasteiger partial charge on any atom is -0.327 e. The Balaban J connectivity index is 1.98. The molecule has 2 heterocycles. The van der Waals surface area contributed by atoms with Crippen LogP contribution in [0.15, 0.2) is 30.0 Å². The van der Waals surface area contributed by atoms with Crippen LogP contribution < -0.4 is 10.2 Å². The molecule has 1 saturated heterocycles. The Morgan fingerprint density at radius 3 is 2.48 bits per heavy atom. The van der Waals surface area contributed by atoms with Gasteiger partial charge in [0.2, 0.25) is 0 Å². The maximum atomic E-state index is 13.1. The normalized spacial score (nSPS) is 16.3. The smallest absolute Gasteiger partial charge is 0.281 e. The molecule has 1 aromatic carbocycles. The predicted molar refractivity (Wildman–Crippen MR) is 90.3 cm³/mol. The van der Waals surface area contributed by atoms with Crippen molar-refractivity contribution in [3.63, 3.8) is 0 Å². The maximum Gasteiger partial charge on any atom is 0.281 e. The number of hydrogen-bond donors (Lipinski definition) is 1. The number of amides is 1. The van der Waals surface area contributed by atoms with Crippen molar-refractivity contribution in [2.45, 2.75) is 13.8 Å². The molecule has 7 heteroatoms. The molecule has 118 valence electrons. The fourth-order valence-electron chi connectivity index (χ4n) is 2.50. The Kier molecular flexibility index (Phi) is 3.73. The zero-order valence-electron chi connectivity index (χ0n) is 12.9. The Hall–Kier alpha value is -2.54. The largest absolute Gasteiger partial charge is 0.327 e. The van der Waals surface area contributed by atoms with Gasteiger partial charge < -0.3 is 5.32 Å². The maximum absolute atomic E-state index is 13.1. The first-order valence-electron chi connectivity index (χ1n) is 7.01. The van der Waals surface area contributed by atoms with E-state index < -0.39 is 0 Å². The molecular weight excluding hydrogens is 315 g/mol. The molecule has 1 aliphatic rings. The van der Waals surface area contributed by atoms with E-state index >= 15 is 0 Å². The average molecular weight is 330 g/mol. The lowest BCUT2D eigenvalue weighted by molar-refractivity contribution is -0.113. The molecule has 0 saturated carbocycles. The zero-order chi connectivity index (χ0) is 16.7. The van der Waals surface area contributed by atoms with Crippen LogP contribution in [0.3, 0.4) is 0 Å². The van der Waals surface area contributed by atoms with Gasteiger partial charge in [0.25, 0.3) is 5.91 Å². The summed E-state index contributed by atoms with van der Waals surface area (Å²) in [4.78, 5) is 14.0. The number of thiocarbonyl (C=S) groups is 1. The minimum absolute atomic E-state index is 0.270. The first-order chi connectivity index (χ1) is 10.9. The molecule has 0 spiro atoms. The van der Waals surface area contributed by atoms with Gasteiger partial charge in [-0.05, 0) is 56.4 Å². The lowest BCUT2D eigenvalue weighted by Crippen LogP contribution is -2.30. The van der Waals surface area contributed by atoms with Gasteiger partial charge in [-0.3, -0.25) is 14.4 Å². The number of aryl methyl sites for hydroxylation is 2. The number of aromatic nitrogens is 2. The quantitative estimate of drug-likeness (QED) is 0.679. The van der Waals surface area contributed by atoms with Gasteiger partial charge in [-0.1, -0.05) is 0 Å². The highest BCUT2D eigenvalue weighted by Crippen LogP contribution is 2.24. The molecule has 0 aliphatic carbocycles. The third-order valence-electron chi connectivity index (χ3n) is 3.82. The van der Waals surface area contributed by atoms with E-state index in [4.69, 9.17) is 12.2 Å². The van der Waals surface area contributed by atoms with E-state index in [0.29, 0.717) is 11.4 Å². The number of carbonyl (C=O) groups is 1. The van der Waals surface area contributed by atoms with Gasteiger partial charge in [0.1, 0.15) is 11.5 Å². The molecule has 0 bridgehead atoms. The molecule has 1 aliphatic heterocycles. The van der Waals surface area contributed by atoms with Crippen molar-refractivity contribution < 1.29 is 9.18 Å². The van der Waals surface area contributed by atoms with Crippen LogP contribution in [0.25, 0.3) is 6.08 Å². The van der Waals surface area contributed by atoms with Crippen molar-refractivity contribution >= 4 is 35.0 Å². The standard InChI is InChI=1S/C16H15FN4OS/c1-9-13(10(2)20(3)19-9)8-14-15(22)21(16(23)18-14)12-6-4-11(17)5-7-12/h4-8H,1-3H3,(H,18,23)/b14-8+. The molecule has 2 aromatic rings. The van der Waals surface area contributed by atoms with Crippen molar-refractivity contribution in [3.8, 4) is 0 Å². The van der Waals surface area contributed by atoms with Crippen LogP contribution in [0.4, 0.5) is 10.1 Å². The molecule has 3 rings (SSSR count). The number of anilines is 1. The summed E-state index contributed by atoms with van der Waals surface area (Å²) in [6.07, 6.45) is 1.75. The van der Waals surface area contributed by atoms with Gasteiger partial charge in [0, 0.05) is 18.3 Å². The molecule has 0 radical (unpaired) electrons. The number of halogens is 1. The molecule has 0 atom stereocenters. The fourth-order valence-corrected chi connectivity index (χ4v) is 2.80. The molecule has 1 aromatic heterocycles. The number of rotatable bonds is 2. The van der Waals surface area contributed by atoms with Gasteiger partial charge in [-0.2, -0.15) is 5.10 Å². The summed E-state index contributed by atoms with van der Waals surface area (Å²) in [7, 11) is 1.85. The topological polar surface area (TPSA) is 50.2 Å². The number of nitrogens with one attached hydrogen (secondary N) is 1. The molecule has 23 heavy (non-hydrogen) atoms. The van der Waals surface area contributed by atoms with Crippen LogP contribution in [-0.4, -0.2) is 20.8 Å². The molecule has 5 nitrogen and oxygen atoms in total. The summed E-state index contributed by atoms with van der Waals surface area (Å²) in [5.74, 6) is -0.638. The van der Waals surface area contributed by atoms with E-state index in [1.165, 1.54) is 29.2 Å². The van der Waals surface area contributed by atoms with Crippen LogP contribution in [0.2, 0.25) is 0 Å². The second-order valence-electron chi connectivity index (χ2n) is 5.31. The van der Waals surface area contributed by atoms with Crippen LogP contribution in [-0.2, 0) is 11.8 Å². The van der Waals surface area contributed by atoms with Crippen LogP contribution in [0, 0.1) is 19.7 Å². The Bertz CT molecular complexity index is 839. The summed E-state index contributed by atoms with van der Waals surface area (Å²) in [5, 5.41) is 7.52. The average Bonchev–Trinajstić information content (AvgIpc) is 2.91. The number of carbonyl (C=O) groups excluding carboxylic acids is 1. The third-order valence-corrected chi connectivity index (χ3v) is 4.10. The second kappa shape index (κ2) is 5.58.